The molecule has 0 fully saturated rings. The van der Waals surface area contributed by atoms with Crippen molar-refractivity contribution in [2.24, 2.45) is 0 Å². The van der Waals surface area contributed by atoms with Crippen molar-refractivity contribution < 1.29 is 4.42 Å². The molecule has 4 nitrogen and oxygen atoms in total. The summed E-state index contributed by atoms with van der Waals surface area (Å²) in [5.74, 6) is 1.91. The number of aryl methyl sites for hydroxylation is 1. The number of halogens is 1. The maximum Gasteiger partial charge on any atom is 0.125 e. The second-order valence-electron chi connectivity index (χ2n) is 4.69. The molecule has 0 spiro atoms. The normalized spacial score (nSPS) is 11.4. The van der Waals surface area contributed by atoms with E-state index in [1.165, 1.54) is 5.56 Å². The Balaban J connectivity index is 2.04. The van der Waals surface area contributed by atoms with E-state index in [9.17, 15) is 0 Å². The maximum atomic E-state index is 5.74. The van der Waals surface area contributed by atoms with E-state index >= 15 is 0 Å². The number of hydrogen-bond acceptors (Lipinski definition) is 3. The maximum absolute atomic E-state index is 5.74. The summed E-state index contributed by atoms with van der Waals surface area (Å²) in [6, 6.07) is 2.57. The first-order valence-electron chi connectivity index (χ1n) is 6.04. The van der Waals surface area contributed by atoms with E-state index in [0.717, 1.165) is 22.5 Å². The number of aromatic nitrogens is 2. The summed E-state index contributed by atoms with van der Waals surface area (Å²) < 4.78 is 8.57. The average Bonchev–Trinajstić information content (AvgIpc) is 2.83. The van der Waals surface area contributed by atoms with Gasteiger partial charge >= 0.3 is 0 Å². The molecule has 0 amide bonds. The first-order valence-corrected chi connectivity index (χ1v) is 6.83. The summed E-state index contributed by atoms with van der Waals surface area (Å²) >= 11 is 3.38. The molecular weight excluding hydrogens is 294 g/mol. The third kappa shape index (κ3) is 3.46. The van der Waals surface area contributed by atoms with Crippen LogP contribution in [0.25, 0.3) is 0 Å². The third-order valence-electron chi connectivity index (χ3n) is 2.69. The van der Waals surface area contributed by atoms with E-state index in [0.29, 0.717) is 12.6 Å². The largest absolute Gasteiger partial charge is 0.464 e. The Kier molecular flexibility index (Phi) is 4.24. The molecule has 2 rings (SSSR count). The number of nitrogens with zero attached hydrogens (tertiary/aromatic N) is 2. The van der Waals surface area contributed by atoms with E-state index < -0.39 is 0 Å². The summed E-state index contributed by atoms with van der Waals surface area (Å²) in [6.45, 7) is 7.78. The zero-order valence-electron chi connectivity index (χ0n) is 10.9. The highest BCUT2D eigenvalue weighted by Gasteiger charge is 2.08. The predicted molar refractivity (Wildman–Crippen MR) is 74.4 cm³/mol. The van der Waals surface area contributed by atoms with Crippen molar-refractivity contribution >= 4 is 15.9 Å². The highest BCUT2D eigenvalue weighted by molar-refractivity contribution is 9.10. The fraction of sp³-hybridized carbons (Fsp3) is 0.462. The molecule has 5 heteroatoms. The molecule has 0 bridgehead atoms. The van der Waals surface area contributed by atoms with Crippen molar-refractivity contribution in [1.29, 1.82) is 0 Å². The molecule has 0 aliphatic heterocycles. The van der Waals surface area contributed by atoms with Crippen LogP contribution in [0.5, 0.6) is 0 Å². The Bertz CT molecular complexity index is 516. The van der Waals surface area contributed by atoms with Crippen LogP contribution >= 0.6 is 15.9 Å². The van der Waals surface area contributed by atoms with Crippen LogP contribution in [0.3, 0.4) is 0 Å². The lowest BCUT2D eigenvalue weighted by molar-refractivity contribution is 0.455. The molecule has 0 unspecified atom stereocenters. The van der Waals surface area contributed by atoms with Gasteiger partial charge in [0.25, 0.3) is 0 Å². The smallest absolute Gasteiger partial charge is 0.125 e. The van der Waals surface area contributed by atoms with Gasteiger partial charge < -0.3 is 9.73 Å². The highest BCUT2D eigenvalue weighted by Crippen LogP contribution is 2.16. The SMILES string of the molecule is Cc1oc(Cn2cc(Br)cn2)cc1CNC(C)C. The van der Waals surface area contributed by atoms with Gasteiger partial charge in [0.15, 0.2) is 0 Å². The minimum Gasteiger partial charge on any atom is -0.464 e. The Morgan fingerprint density at radius 1 is 1.50 bits per heavy atom. The third-order valence-corrected chi connectivity index (χ3v) is 3.10. The Labute approximate surface area is 115 Å². The summed E-state index contributed by atoms with van der Waals surface area (Å²) in [6.07, 6.45) is 3.71. The summed E-state index contributed by atoms with van der Waals surface area (Å²) in [7, 11) is 0. The van der Waals surface area contributed by atoms with Crippen molar-refractivity contribution in [3.63, 3.8) is 0 Å². The van der Waals surface area contributed by atoms with Crippen molar-refractivity contribution in [1.82, 2.24) is 15.1 Å². The van der Waals surface area contributed by atoms with Crippen LogP contribution < -0.4 is 5.32 Å². The fourth-order valence-electron chi connectivity index (χ4n) is 1.74. The van der Waals surface area contributed by atoms with Gasteiger partial charge in [0.2, 0.25) is 0 Å². The molecule has 0 aromatic carbocycles. The number of rotatable bonds is 5. The molecule has 2 aromatic heterocycles. The lowest BCUT2D eigenvalue weighted by atomic mass is 10.2. The summed E-state index contributed by atoms with van der Waals surface area (Å²) in [4.78, 5) is 0. The van der Waals surface area contributed by atoms with Crippen LogP contribution in [-0.4, -0.2) is 15.8 Å². The molecule has 18 heavy (non-hydrogen) atoms. The minimum absolute atomic E-state index is 0.477. The Morgan fingerprint density at radius 3 is 2.89 bits per heavy atom. The second kappa shape index (κ2) is 5.71. The lowest BCUT2D eigenvalue weighted by Gasteiger charge is -2.05. The summed E-state index contributed by atoms with van der Waals surface area (Å²) in [5, 5.41) is 7.61. The fourth-order valence-corrected chi connectivity index (χ4v) is 2.07. The molecule has 0 saturated heterocycles. The van der Waals surface area contributed by atoms with Gasteiger partial charge in [-0.2, -0.15) is 5.10 Å². The molecule has 98 valence electrons. The van der Waals surface area contributed by atoms with Crippen LogP contribution in [0.2, 0.25) is 0 Å². The quantitative estimate of drug-likeness (QED) is 0.922. The standard InChI is InChI=1S/C13H18BrN3O/c1-9(2)15-5-11-4-13(18-10(11)3)8-17-7-12(14)6-16-17/h4,6-7,9,15H,5,8H2,1-3H3. The van der Waals surface area contributed by atoms with Crippen LogP contribution in [0.1, 0.15) is 30.9 Å². The van der Waals surface area contributed by atoms with E-state index in [2.05, 4.69) is 46.3 Å². The van der Waals surface area contributed by atoms with Crippen LogP contribution in [0.15, 0.2) is 27.3 Å². The number of hydrogen-bond donors (Lipinski definition) is 1. The van der Waals surface area contributed by atoms with Crippen LogP contribution in [0, 0.1) is 6.92 Å². The van der Waals surface area contributed by atoms with Gasteiger partial charge in [0.05, 0.1) is 17.2 Å². The minimum atomic E-state index is 0.477. The van der Waals surface area contributed by atoms with Gasteiger partial charge in [-0.15, -0.1) is 0 Å². The average molecular weight is 312 g/mol. The molecule has 2 heterocycles. The zero-order valence-corrected chi connectivity index (χ0v) is 12.5. The monoisotopic (exact) mass is 311 g/mol. The van der Waals surface area contributed by atoms with E-state index in [1.807, 2.05) is 17.8 Å². The number of nitrogens with one attached hydrogen (secondary N) is 1. The predicted octanol–water partition coefficient (Wildman–Crippen LogP) is 3.09. The van der Waals surface area contributed by atoms with Gasteiger partial charge in [-0.05, 0) is 28.9 Å². The van der Waals surface area contributed by atoms with E-state index in [-0.39, 0.29) is 0 Å². The molecule has 0 atom stereocenters. The van der Waals surface area contributed by atoms with Gasteiger partial charge in [0.1, 0.15) is 11.5 Å². The first-order chi connectivity index (χ1) is 8.54. The van der Waals surface area contributed by atoms with Crippen molar-refractivity contribution in [3.05, 3.63) is 40.0 Å². The highest BCUT2D eigenvalue weighted by atomic mass is 79.9. The zero-order chi connectivity index (χ0) is 13.1. The Morgan fingerprint density at radius 2 is 2.28 bits per heavy atom. The molecule has 2 aromatic rings. The van der Waals surface area contributed by atoms with Crippen molar-refractivity contribution in [2.75, 3.05) is 0 Å². The molecule has 0 aliphatic carbocycles. The van der Waals surface area contributed by atoms with E-state index in [4.69, 9.17) is 4.42 Å². The molecule has 1 N–H and O–H groups in total. The van der Waals surface area contributed by atoms with Crippen molar-refractivity contribution in [3.8, 4) is 0 Å². The van der Waals surface area contributed by atoms with E-state index in [1.54, 1.807) is 6.20 Å². The second-order valence-corrected chi connectivity index (χ2v) is 5.60. The van der Waals surface area contributed by atoms with Crippen LogP contribution in [0.4, 0.5) is 0 Å². The molecule has 0 saturated carbocycles. The van der Waals surface area contributed by atoms with Crippen LogP contribution in [-0.2, 0) is 13.1 Å². The molecular formula is C13H18BrN3O. The van der Waals surface area contributed by atoms with Gasteiger partial charge in [-0.1, -0.05) is 13.8 Å². The summed E-state index contributed by atoms with van der Waals surface area (Å²) in [5.41, 5.74) is 1.21. The van der Waals surface area contributed by atoms with Gasteiger partial charge in [-0.3, -0.25) is 4.68 Å². The molecule has 0 aliphatic rings. The van der Waals surface area contributed by atoms with Crippen molar-refractivity contribution in [2.45, 2.75) is 39.9 Å². The van der Waals surface area contributed by atoms with Gasteiger partial charge in [-0.25, -0.2) is 0 Å². The topological polar surface area (TPSA) is 43.0 Å². The number of furan rings is 1. The van der Waals surface area contributed by atoms with Gasteiger partial charge in [0, 0.05) is 24.3 Å². The lowest BCUT2D eigenvalue weighted by Crippen LogP contribution is -2.21. The molecule has 0 radical (unpaired) electrons. The Hall–Kier alpha value is -1.07. The first kappa shape index (κ1) is 13.4.